The van der Waals surface area contributed by atoms with Crippen molar-refractivity contribution in [1.29, 1.82) is 0 Å². The summed E-state index contributed by atoms with van der Waals surface area (Å²) in [5.41, 5.74) is 7.15. The van der Waals surface area contributed by atoms with Crippen molar-refractivity contribution in [2.75, 3.05) is 20.8 Å². The third-order valence-electron chi connectivity index (χ3n) is 4.27. The van der Waals surface area contributed by atoms with Gasteiger partial charge >= 0.3 is 0 Å². The molecule has 0 radical (unpaired) electrons. The second-order valence-electron chi connectivity index (χ2n) is 7.30. The lowest BCUT2D eigenvalue weighted by Crippen LogP contribution is -2.52. The Morgan fingerprint density at radius 3 is 2.45 bits per heavy atom. The smallest absolute Gasteiger partial charge is 0.226 e. The number of amides is 1. The standard InChI is InChI=1S/C20H29N3O3S.2ClH/c1-13(2)10-20(3,12-21)23-18(24)9-15-11-27-19(22-15)14-6-7-16(25-4)17(8-14)26-5;;/h6-8,11,13H,9-10,12,21H2,1-5H3,(H,23,24);2*1H. The largest absolute Gasteiger partial charge is 0.493 e. The second kappa shape index (κ2) is 12.2. The van der Waals surface area contributed by atoms with Crippen LogP contribution in [0.5, 0.6) is 11.5 Å². The first-order valence-electron chi connectivity index (χ1n) is 8.98. The van der Waals surface area contributed by atoms with E-state index in [9.17, 15) is 4.79 Å². The van der Waals surface area contributed by atoms with Crippen LogP contribution in [0.4, 0.5) is 0 Å². The fourth-order valence-corrected chi connectivity index (χ4v) is 3.94. The van der Waals surface area contributed by atoms with Crippen LogP contribution in [-0.4, -0.2) is 37.2 Å². The molecule has 3 N–H and O–H groups in total. The number of nitrogens with two attached hydrogens (primary N) is 1. The van der Waals surface area contributed by atoms with Gasteiger partial charge < -0.3 is 20.5 Å². The fraction of sp³-hybridized carbons (Fsp3) is 0.500. The van der Waals surface area contributed by atoms with Crippen molar-refractivity contribution < 1.29 is 14.3 Å². The highest BCUT2D eigenvalue weighted by Crippen LogP contribution is 2.33. The average Bonchev–Trinajstić information content (AvgIpc) is 3.08. The Bertz CT molecular complexity index is 786. The minimum absolute atomic E-state index is 0. The first-order chi connectivity index (χ1) is 12.8. The average molecular weight is 464 g/mol. The Hall–Kier alpha value is -1.54. The summed E-state index contributed by atoms with van der Waals surface area (Å²) in [6.45, 7) is 6.64. The number of carbonyl (C=O) groups is 1. The molecule has 0 aliphatic carbocycles. The van der Waals surface area contributed by atoms with Crippen LogP contribution in [0.1, 0.15) is 32.9 Å². The lowest BCUT2D eigenvalue weighted by molar-refractivity contribution is -0.122. The van der Waals surface area contributed by atoms with Crippen LogP contribution >= 0.6 is 36.2 Å². The van der Waals surface area contributed by atoms with Crippen molar-refractivity contribution in [2.45, 2.75) is 39.2 Å². The van der Waals surface area contributed by atoms with Crippen LogP contribution in [0.3, 0.4) is 0 Å². The molecule has 1 aromatic carbocycles. The predicted molar refractivity (Wildman–Crippen MR) is 124 cm³/mol. The summed E-state index contributed by atoms with van der Waals surface area (Å²) in [6.07, 6.45) is 1.07. The van der Waals surface area contributed by atoms with E-state index in [0.29, 0.717) is 24.0 Å². The van der Waals surface area contributed by atoms with Crippen LogP contribution in [0.2, 0.25) is 0 Å². The normalized spacial score (nSPS) is 12.4. The molecular formula is C20H31Cl2N3O3S. The van der Waals surface area contributed by atoms with Crippen LogP contribution < -0.4 is 20.5 Å². The molecule has 0 aliphatic heterocycles. The molecule has 1 heterocycles. The van der Waals surface area contributed by atoms with Gasteiger partial charge in [0.15, 0.2) is 11.5 Å². The number of carbonyl (C=O) groups excluding carboxylic acids is 1. The number of ether oxygens (including phenoxy) is 2. The van der Waals surface area contributed by atoms with Gasteiger partial charge in [0.25, 0.3) is 0 Å². The number of aromatic nitrogens is 1. The highest BCUT2D eigenvalue weighted by Gasteiger charge is 2.26. The maximum absolute atomic E-state index is 12.5. The Kier molecular flexibility index (Phi) is 11.6. The van der Waals surface area contributed by atoms with E-state index in [0.717, 1.165) is 22.7 Å². The molecule has 164 valence electrons. The zero-order chi connectivity index (χ0) is 20.0. The van der Waals surface area contributed by atoms with Gasteiger partial charge in [-0.3, -0.25) is 4.79 Å². The van der Waals surface area contributed by atoms with E-state index in [4.69, 9.17) is 15.2 Å². The molecule has 6 nitrogen and oxygen atoms in total. The summed E-state index contributed by atoms with van der Waals surface area (Å²) in [6, 6.07) is 5.66. The number of nitrogens with zero attached hydrogens (tertiary/aromatic N) is 1. The second-order valence-corrected chi connectivity index (χ2v) is 8.16. The number of benzene rings is 1. The van der Waals surface area contributed by atoms with Crippen molar-refractivity contribution in [2.24, 2.45) is 11.7 Å². The summed E-state index contributed by atoms with van der Waals surface area (Å²) in [5.74, 6) is 1.71. The zero-order valence-electron chi connectivity index (χ0n) is 17.5. The molecule has 0 bridgehead atoms. The Balaban J connectivity index is 0.00000392. The van der Waals surface area contributed by atoms with Gasteiger partial charge in [-0.05, 0) is 37.5 Å². The van der Waals surface area contributed by atoms with E-state index in [-0.39, 0.29) is 37.1 Å². The number of hydrogen-bond donors (Lipinski definition) is 2. The molecule has 1 unspecified atom stereocenters. The Labute approximate surface area is 189 Å². The minimum Gasteiger partial charge on any atom is -0.493 e. The Morgan fingerprint density at radius 1 is 1.24 bits per heavy atom. The molecule has 2 rings (SSSR count). The lowest BCUT2D eigenvalue weighted by atomic mass is 9.90. The van der Waals surface area contributed by atoms with E-state index in [2.05, 4.69) is 24.1 Å². The van der Waals surface area contributed by atoms with Gasteiger partial charge in [-0.2, -0.15) is 0 Å². The SMILES string of the molecule is COc1ccc(-c2nc(CC(=O)NC(C)(CN)CC(C)C)cs2)cc1OC.Cl.Cl. The van der Waals surface area contributed by atoms with Crippen molar-refractivity contribution in [3.05, 3.63) is 29.3 Å². The number of nitrogens with one attached hydrogen (secondary N) is 1. The molecule has 2 aromatic rings. The highest BCUT2D eigenvalue weighted by atomic mass is 35.5. The van der Waals surface area contributed by atoms with Gasteiger partial charge in [0.1, 0.15) is 5.01 Å². The van der Waals surface area contributed by atoms with E-state index < -0.39 is 5.54 Å². The maximum atomic E-state index is 12.5. The first-order valence-corrected chi connectivity index (χ1v) is 9.86. The summed E-state index contributed by atoms with van der Waals surface area (Å²) in [7, 11) is 3.21. The third-order valence-corrected chi connectivity index (χ3v) is 5.21. The topological polar surface area (TPSA) is 86.5 Å². The number of hydrogen-bond acceptors (Lipinski definition) is 6. The molecule has 1 aromatic heterocycles. The van der Waals surface area contributed by atoms with Gasteiger partial charge in [0.2, 0.25) is 5.91 Å². The van der Waals surface area contributed by atoms with Gasteiger partial charge in [0.05, 0.1) is 26.3 Å². The number of methoxy groups -OCH3 is 2. The number of halogens is 2. The number of thiazole rings is 1. The van der Waals surface area contributed by atoms with Gasteiger partial charge in [-0.15, -0.1) is 36.2 Å². The lowest BCUT2D eigenvalue weighted by Gasteiger charge is -2.31. The monoisotopic (exact) mass is 463 g/mol. The van der Waals surface area contributed by atoms with Crippen LogP contribution in [0.25, 0.3) is 10.6 Å². The zero-order valence-corrected chi connectivity index (χ0v) is 19.9. The minimum atomic E-state index is -0.395. The van der Waals surface area contributed by atoms with E-state index in [1.54, 1.807) is 14.2 Å². The molecule has 0 saturated heterocycles. The van der Waals surface area contributed by atoms with Crippen LogP contribution in [0, 0.1) is 5.92 Å². The summed E-state index contributed by atoms with van der Waals surface area (Å²) in [5, 5.41) is 5.82. The van der Waals surface area contributed by atoms with E-state index in [1.165, 1.54) is 11.3 Å². The number of rotatable bonds is 9. The van der Waals surface area contributed by atoms with E-state index >= 15 is 0 Å². The third kappa shape index (κ3) is 7.66. The quantitative estimate of drug-likeness (QED) is 0.584. The molecule has 0 saturated carbocycles. The highest BCUT2D eigenvalue weighted by molar-refractivity contribution is 7.13. The molecular weight excluding hydrogens is 433 g/mol. The van der Waals surface area contributed by atoms with Crippen molar-refractivity contribution in [3.8, 4) is 22.1 Å². The summed E-state index contributed by atoms with van der Waals surface area (Å²) < 4.78 is 10.6. The van der Waals surface area contributed by atoms with Crippen LogP contribution in [0.15, 0.2) is 23.6 Å². The molecule has 1 amide bonds. The summed E-state index contributed by atoms with van der Waals surface area (Å²) in [4.78, 5) is 17.1. The van der Waals surface area contributed by atoms with E-state index in [1.807, 2.05) is 30.5 Å². The molecule has 0 spiro atoms. The molecule has 29 heavy (non-hydrogen) atoms. The van der Waals surface area contributed by atoms with Crippen molar-refractivity contribution in [3.63, 3.8) is 0 Å². The van der Waals surface area contributed by atoms with Gasteiger partial charge in [-0.1, -0.05) is 13.8 Å². The van der Waals surface area contributed by atoms with Gasteiger partial charge in [0, 0.05) is 23.0 Å². The van der Waals surface area contributed by atoms with Crippen LogP contribution in [-0.2, 0) is 11.2 Å². The summed E-state index contributed by atoms with van der Waals surface area (Å²) >= 11 is 1.50. The van der Waals surface area contributed by atoms with Crippen molar-refractivity contribution in [1.82, 2.24) is 10.3 Å². The molecule has 0 aliphatic rings. The predicted octanol–water partition coefficient (Wildman–Crippen LogP) is 4.09. The maximum Gasteiger partial charge on any atom is 0.226 e. The Morgan fingerprint density at radius 2 is 1.90 bits per heavy atom. The molecule has 0 fully saturated rings. The van der Waals surface area contributed by atoms with Gasteiger partial charge in [-0.25, -0.2) is 4.98 Å². The fourth-order valence-electron chi connectivity index (χ4n) is 3.12. The van der Waals surface area contributed by atoms with Crippen molar-refractivity contribution >= 4 is 42.1 Å². The molecule has 9 heteroatoms. The first kappa shape index (κ1) is 27.5. The molecule has 1 atom stereocenters.